The lowest BCUT2D eigenvalue weighted by Gasteiger charge is -2.19. The van der Waals surface area contributed by atoms with Crippen LogP contribution in [0.3, 0.4) is 0 Å². The van der Waals surface area contributed by atoms with Gasteiger partial charge in [-0.15, -0.1) is 0 Å². The van der Waals surface area contributed by atoms with E-state index in [0.29, 0.717) is 12.5 Å². The fourth-order valence-corrected chi connectivity index (χ4v) is 2.06. The van der Waals surface area contributed by atoms with Gasteiger partial charge in [-0.25, -0.2) is 0 Å². The van der Waals surface area contributed by atoms with Gasteiger partial charge in [0, 0.05) is 18.7 Å². The van der Waals surface area contributed by atoms with Gasteiger partial charge in [-0.3, -0.25) is 4.79 Å². The minimum absolute atomic E-state index is 0.0816. The van der Waals surface area contributed by atoms with Crippen LogP contribution in [0.15, 0.2) is 18.2 Å². The molecule has 4 nitrogen and oxygen atoms in total. The van der Waals surface area contributed by atoms with Crippen LogP contribution in [0.25, 0.3) is 0 Å². The summed E-state index contributed by atoms with van der Waals surface area (Å²) in [4.78, 5) is 11.8. The zero-order chi connectivity index (χ0) is 15.8. The summed E-state index contributed by atoms with van der Waals surface area (Å²) in [6.45, 7) is 12.4. The van der Waals surface area contributed by atoms with Crippen molar-refractivity contribution < 1.29 is 9.53 Å². The number of aryl methyl sites for hydroxylation is 1. The first kappa shape index (κ1) is 17.5. The molecule has 4 heteroatoms. The normalized spacial score (nSPS) is 12.3. The summed E-state index contributed by atoms with van der Waals surface area (Å²) in [6.07, 6.45) is -0.491. The lowest BCUT2D eigenvalue weighted by molar-refractivity contribution is -0.127. The molecule has 1 rings (SSSR count). The van der Waals surface area contributed by atoms with E-state index < -0.39 is 6.10 Å². The molecule has 0 heterocycles. The Balaban J connectivity index is 2.77. The molecule has 0 saturated carbocycles. The number of carbonyl (C=O) groups is 1. The van der Waals surface area contributed by atoms with E-state index >= 15 is 0 Å². The largest absolute Gasteiger partial charge is 0.480 e. The van der Waals surface area contributed by atoms with Crippen LogP contribution in [-0.2, 0) is 11.3 Å². The van der Waals surface area contributed by atoms with Crippen LogP contribution in [0.1, 0.15) is 38.8 Å². The summed E-state index contributed by atoms with van der Waals surface area (Å²) >= 11 is 0. The molecule has 1 aromatic rings. The van der Waals surface area contributed by atoms with Gasteiger partial charge in [0.2, 0.25) is 0 Å². The first-order valence-corrected chi connectivity index (χ1v) is 7.69. The molecule has 0 aliphatic carbocycles. The van der Waals surface area contributed by atoms with Crippen LogP contribution < -0.4 is 15.4 Å². The van der Waals surface area contributed by atoms with E-state index in [0.717, 1.165) is 30.0 Å². The number of rotatable bonds is 8. The van der Waals surface area contributed by atoms with Gasteiger partial charge in [0.05, 0.1) is 0 Å². The molecule has 0 aromatic heterocycles. The number of hydrogen-bond donors (Lipinski definition) is 2. The van der Waals surface area contributed by atoms with Gasteiger partial charge in [0.25, 0.3) is 5.91 Å². The highest BCUT2D eigenvalue weighted by molar-refractivity contribution is 5.80. The van der Waals surface area contributed by atoms with Gasteiger partial charge in [-0.2, -0.15) is 0 Å². The average molecular weight is 292 g/mol. The molecule has 21 heavy (non-hydrogen) atoms. The van der Waals surface area contributed by atoms with Gasteiger partial charge in [0.15, 0.2) is 6.10 Å². The number of carbonyl (C=O) groups excluding carboxylic acids is 1. The number of amides is 1. The molecular formula is C17H28N2O2. The van der Waals surface area contributed by atoms with Crippen molar-refractivity contribution in [3.8, 4) is 5.75 Å². The third-order valence-electron chi connectivity index (χ3n) is 3.18. The Hall–Kier alpha value is -1.55. The molecule has 0 spiro atoms. The van der Waals surface area contributed by atoms with Crippen LogP contribution in [0, 0.1) is 12.8 Å². The van der Waals surface area contributed by atoms with Crippen molar-refractivity contribution in [1.29, 1.82) is 0 Å². The summed E-state index contributed by atoms with van der Waals surface area (Å²) in [6, 6.07) is 6.07. The molecule has 118 valence electrons. The SMILES string of the molecule is CCNC(=O)C(C)Oc1c(C)cccc1CNCC(C)C. The van der Waals surface area contributed by atoms with E-state index in [4.69, 9.17) is 4.74 Å². The molecule has 1 atom stereocenters. The first-order chi connectivity index (χ1) is 9.95. The highest BCUT2D eigenvalue weighted by atomic mass is 16.5. The summed E-state index contributed by atoms with van der Waals surface area (Å²) in [5, 5.41) is 6.20. The third kappa shape index (κ3) is 5.76. The standard InChI is InChI=1S/C17H28N2O2/c1-6-19-17(20)14(5)21-16-13(4)8-7-9-15(16)11-18-10-12(2)3/h7-9,12,14,18H,6,10-11H2,1-5H3,(H,19,20). The zero-order valence-electron chi connectivity index (χ0n) is 13.8. The first-order valence-electron chi connectivity index (χ1n) is 7.69. The lowest BCUT2D eigenvalue weighted by Crippen LogP contribution is -2.36. The van der Waals surface area contributed by atoms with Gasteiger partial charge in [-0.05, 0) is 38.8 Å². The van der Waals surface area contributed by atoms with Crippen molar-refractivity contribution in [1.82, 2.24) is 10.6 Å². The smallest absolute Gasteiger partial charge is 0.260 e. The van der Waals surface area contributed by atoms with Crippen LogP contribution in [0.4, 0.5) is 0 Å². The summed E-state index contributed by atoms with van der Waals surface area (Å²) < 4.78 is 5.90. The van der Waals surface area contributed by atoms with E-state index in [-0.39, 0.29) is 5.91 Å². The Labute approximate surface area is 128 Å². The Bertz CT molecular complexity index is 458. The summed E-state index contributed by atoms with van der Waals surface area (Å²) in [5.74, 6) is 1.34. The molecule has 0 fully saturated rings. The van der Waals surface area contributed by atoms with E-state index in [1.807, 2.05) is 32.0 Å². The molecule has 2 N–H and O–H groups in total. The number of ether oxygens (including phenoxy) is 1. The molecule has 1 amide bonds. The van der Waals surface area contributed by atoms with Crippen molar-refractivity contribution in [2.24, 2.45) is 5.92 Å². The van der Waals surface area contributed by atoms with Crippen molar-refractivity contribution in [2.45, 2.75) is 47.3 Å². The molecular weight excluding hydrogens is 264 g/mol. The fraction of sp³-hybridized carbons (Fsp3) is 0.588. The van der Waals surface area contributed by atoms with E-state index in [1.165, 1.54) is 0 Å². The summed E-state index contributed by atoms with van der Waals surface area (Å²) in [7, 11) is 0. The van der Waals surface area contributed by atoms with Crippen LogP contribution >= 0.6 is 0 Å². The second kappa shape index (κ2) is 8.67. The third-order valence-corrected chi connectivity index (χ3v) is 3.18. The maximum atomic E-state index is 11.8. The number of likely N-dealkylation sites (N-methyl/N-ethyl adjacent to an activating group) is 1. The maximum absolute atomic E-state index is 11.8. The van der Waals surface area contributed by atoms with E-state index in [9.17, 15) is 4.79 Å². The van der Waals surface area contributed by atoms with Crippen molar-refractivity contribution in [2.75, 3.05) is 13.1 Å². The maximum Gasteiger partial charge on any atom is 0.260 e. The quantitative estimate of drug-likeness (QED) is 0.774. The molecule has 0 aliphatic rings. The lowest BCUT2D eigenvalue weighted by atomic mass is 10.1. The molecule has 0 saturated heterocycles. The van der Waals surface area contributed by atoms with Gasteiger partial charge in [-0.1, -0.05) is 32.0 Å². The average Bonchev–Trinajstić information content (AvgIpc) is 2.42. The van der Waals surface area contributed by atoms with Crippen LogP contribution in [0.5, 0.6) is 5.75 Å². The van der Waals surface area contributed by atoms with E-state index in [2.05, 4.69) is 24.5 Å². The monoisotopic (exact) mass is 292 g/mol. The number of hydrogen-bond acceptors (Lipinski definition) is 3. The number of nitrogens with one attached hydrogen (secondary N) is 2. The molecule has 0 radical (unpaired) electrons. The van der Waals surface area contributed by atoms with Gasteiger partial charge >= 0.3 is 0 Å². The molecule has 0 aliphatic heterocycles. The van der Waals surface area contributed by atoms with Gasteiger partial charge < -0.3 is 15.4 Å². The predicted molar refractivity (Wildman–Crippen MR) is 86.5 cm³/mol. The van der Waals surface area contributed by atoms with Crippen LogP contribution in [0.2, 0.25) is 0 Å². The number of benzene rings is 1. The Morgan fingerprint density at radius 1 is 1.29 bits per heavy atom. The highest BCUT2D eigenvalue weighted by Gasteiger charge is 2.16. The molecule has 1 unspecified atom stereocenters. The van der Waals surface area contributed by atoms with Crippen LogP contribution in [-0.4, -0.2) is 25.1 Å². The topological polar surface area (TPSA) is 50.4 Å². The van der Waals surface area contributed by atoms with Crippen molar-refractivity contribution in [3.63, 3.8) is 0 Å². The zero-order valence-corrected chi connectivity index (χ0v) is 13.8. The Morgan fingerprint density at radius 2 is 2.00 bits per heavy atom. The Kier molecular flexibility index (Phi) is 7.23. The second-order valence-corrected chi connectivity index (χ2v) is 5.74. The second-order valence-electron chi connectivity index (χ2n) is 5.74. The Morgan fingerprint density at radius 3 is 2.62 bits per heavy atom. The summed E-state index contributed by atoms with van der Waals surface area (Å²) in [5.41, 5.74) is 2.14. The minimum Gasteiger partial charge on any atom is -0.480 e. The predicted octanol–water partition coefficient (Wildman–Crippen LogP) is 2.64. The minimum atomic E-state index is -0.491. The van der Waals surface area contributed by atoms with Crippen molar-refractivity contribution >= 4 is 5.91 Å². The van der Waals surface area contributed by atoms with E-state index in [1.54, 1.807) is 6.92 Å². The van der Waals surface area contributed by atoms with Gasteiger partial charge in [0.1, 0.15) is 5.75 Å². The number of para-hydroxylation sites is 1. The molecule has 1 aromatic carbocycles. The fourth-order valence-electron chi connectivity index (χ4n) is 2.06. The highest BCUT2D eigenvalue weighted by Crippen LogP contribution is 2.24. The van der Waals surface area contributed by atoms with Crippen molar-refractivity contribution in [3.05, 3.63) is 29.3 Å². The molecule has 0 bridgehead atoms.